The van der Waals surface area contributed by atoms with Crippen molar-refractivity contribution in [3.8, 4) is 0 Å². The summed E-state index contributed by atoms with van der Waals surface area (Å²) < 4.78 is 0. The highest BCUT2D eigenvalue weighted by Crippen LogP contribution is 2.19. The number of carbonyl (C=O) groups is 1. The van der Waals surface area contributed by atoms with Gasteiger partial charge in [0.05, 0.1) is 6.04 Å². The summed E-state index contributed by atoms with van der Waals surface area (Å²) in [5, 5.41) is 3.45. The van der Waals surface area contributed by atoms with Crippen molar-refractivity contribution in [2.75, 3.05) is 0 Å². The van der Waals surface area contributed by atoms with Crippen LogP contribution in [0, 0.1) is 13.8 Å². The van der Waals surface area contributed by atoms with Crippen LogP contribution in [0.5, 0.6) is 0 Å². The number of benzene rings is 1. The Morgan fingerprint density at radius 1 is 1.25 bits per heavy atom. The maximum atomic E-state index is 12.1. The number of hydrogen-bond donors (Lipinski definition) is 1. The molecule has 0 radical (unpaired) electrons. The molecular formula is C16H17ClN2O. The van der Waals surface area contributed by atoms with Gasteiger partial charge in [-0.2, -0.15) is 0 Å². The van der Waals surface area contributed by atoms with Gasteiger partial charge in [0.25, 0.3) is 5.91 Å². The molecule has 2 rings (SSSR count). The molecule has 0 saturated heterocycles. The molecule has 1 aromatic heterocycles. The van der Waals surface area contributed by atoms with Gasteiger partial charge in [0.1, 0.15) is 5.69 Å². The number of halogens is 1. The highest BCUT2D eigenvalue weighted by Gasteiger charge is 2.14. The van der Waals surface area contributed by atoms with Crippen LogP contribution in [0.4, 0.5) is 0 Å². The maximum Gasteiger partial charge on any atom is 0.270 e. The normalized spacial score (nSPS) is 12.0. The second-order valence-corrected chi connectivity index (χ2v) is 5.35. The zero-order valence-corrected chi connectivity index (χ0v) is 12.5. The van der Waals surface area contributed by atoms with E-state index < -0.39 is 0 Å². The molecular weight excluding hydrogens is 272 g/mol. The van der Waals surface area contributed by atoms with Crippen molar-refractivity contribution < 1.29 is 4.79 Å². The Morgan fingerprint density at radius 2 is 2.00 bits per heavy atom. The molecule has 0 aliphatic carbocycles. The molecule has 20 heavy (non-hydrogen) atoms. The molecule has 1 unspecified atom stereocenters. The van der Waals surface area contributed by atoms with Gasteiger partial charge in [-0.05, 0) is 44.0 Å². The average Bonchev–Trinajstić information content (AvgIpc) is 2.41. The van der Waals surface area contributed by atoms with E-state index in [0.717, 1.165) is 11.1 Å². The fraction of sp³-hybridized carbons (Fsp3) is 0.250. The summed E-state index contributed by atoms with van der Waals surface area (Å²) in [5.74, 6) is -0.221. The average molecular weight is 289 g/mol. The van der Waals surface area contributed by atoms with E-state index in [-0.39, 0.29) is 11.9 Å². The first-order valence-corrected chi connectivity index (χ1v) is 6.84. The summed E-state index contributed by atoms with van der Waals surface area (Å²) in [6, 6.07) is 9.34. The molecule has 0 fully saturated rings. The molecule has 1 N–H and O–H groups in total. The van der Waals surface area contributed by atoms with E-state index in [0.29, 0.717) is 10.7 Å². The maximum absolute atomic E-state index is 12.1. The number of pyridine rings is 1. The Hall–Kier alpha value is -1.87. The number of aryl methyl sites for hydroxylation is 2. The quantitative estimate of drug-likeness (QED) is 0.932. The minimum Gasteiger partial charge on any atom is -0.344 e. The van der Waals surface area contributed by atoms with Crippen molar-refractivity contribution in [2.24, 2.45) is 0 Å². The Bertz CT molecular complexity index is 640. The van der Waals surface area contributed by atoms with Crippen molar-refractivity contribution in [2.45, 2.75) is 26.8 Å². The fourth-order valence-corrected chi connectivity index (χ4v) is 2.26. The lowest BCUT2D eigenvalue weighted by Gasteiger charge is -2.17. The van der Waals surface area contributed by atoms with Crippen LogP contribution in [0.2, 0.25) is 5.02 Å². The lowest BCUT2D eigenvalue weighted by molar-refractivity contribution is 0.0935. The summed E-state index contributed by atoms with van der Waals surface area (Å²) in [7, 11) is 0. The second kappa shape index (κ2) is 6.06. The molecule has 1 aromatic carbocycles. The predicted molar refractivity (Wildman–Crippen MR) is 81.0 cm³/mol. The zero-order chi connectivity index (χ0) is 14.7. The van der Waals surface area contributed by atoms with E-state index in [9.17, 15) is 4.79 Å². The molecule has 0 spiro atoms. The number of hydrogen-bond acceptors (Lipinski definition) is 2. The summed E-state index contributed by atoms with van der Waals surface area (Å²) in [4.78, 5) is 16.2. The summed E-state index contributed by atoms with van der Waals surface area (Å²) in [6.45, 7) is 6.04. The lowest BCUT2D eigenvalue weighted by atomic mass is 10.00. The molecule has 1 amide bonds. The lowest BCUT2D eigenvalue weighted by Crippen LogP contribution is -2.27. The standard InChI is InChI=1S/C16H17ClN2O/c1-10-4-5-11(2)14(8-10)12(3)19-16(20)15-9-13(17)6-7-18-15/h4-9,12H,1-3H3,(H,19,20). The van der Waals surface area contributed by atoms with E-state index in [1.807, 2.05) is 20.8 Å². The van der Waals surface area contributed by atoms with Crippen molar-refractivity contribution in [3.63, 3.8) is 0 Å². The van der Waals surface area contributed by atoms with Crippen LogP contribution >= 0.6 is 11.6 Å². The topological polar surface area (TPSA) is 42.0 Å². The second-order valence-electron chi connectivity index (χ2n) is 4.91. The highest BCUT2D eigenvalue weighted by molar-refractivity contribution is 6.30. The smallest absolute Gasteiger partial charge is 0.270 e. The minimum absolute atomic E-state index is 0.0804. The van der Waals surface area contributed by atoms with Crippen molar-refractivity contribution in [1.82, 2.24) is 10.3 Å². The predicted octanol–water partition coefficient (Wildman–Crippen LogP) is 3.84. The van der Waals surface area contributed by atoms with Crippen molar-refractivity contribution >= 4 is 17.5 Å². The Balaban J connectivity index is 2.17. The Kier molecular flexibility index (Phi) is 4.40. The third kappa shape index (κ3) is 3.36. The molecule has 0 saturated carbocycles. The Labute approximate surface area is 124 Å². The van der Waals surface area contributed by atoms with Gasteiger partial charge in [-0.1, -0.05) is 35.4 Å². The van der Waals surface area contributed by atoms with E-state index in [1.54, 1.807) is 12.1 Å². The molecule has 3 nitrogen and oxygen atoms in total. The van der Waals surface area contributed by atoms with Crippen LogP contribution in [0.15, 0.2) is 36.5 Å². The van der Waals surface area contributed by atoms with Crippen LogP contribution in [0.25, 0.3) is 0 Å². The summed E-state index contributed by atoms with van der Waals surface area (Å²) >= 11 is 5.87. The minimum atomic E-state index is -0.221. The van der Waals surface area contributed by atoms with Crippen LogP contribution in [-0.2, 0) is 0 Å². The van der Waals surface area contributed by atoms with Crippen LogP contribution in [0.3, 0.4) is 0 Å². The number of rotatable bonds is 3. The van der Waals surface area contributed by atoms with Gasteiger partial charge in [-0.15, -0.1) is 0 Å². The summed E-state index contributed by atoms with van der Waals surface area (Å²) in [6.07, 6.45) is 1.53. The monoisotopic (exact) mass is 288 g/mol. The van der Waals surface area contributed by atoms with Crippen molar-refractivity contribution in [3.05, 3.63) is 63.9 Å². The first kappa shape index (κ1) is 14.5. The van der Waals surface area contributed by atoms with Gasteiger partial charge in [0, 0.05) is 11.2 Å². The van der Waals surface area contributed by atoms with Crippen LogP contribution in [-0.4, -0.2) is 10.9 Å². The van der Waals surface area contributed by atoms with Crippen molar-refractivity contribution in [1.29, 1.82) is 0 Å². The number of nitrogens with one attached hydrogen (secondary N) is 1. The third-order valence-electron chi connectivity index (χ3n) is 3.20. The first-order valence-electron chi connectivity index (χ1n) is 6.47. The molecule has 4 heteroatoms. The molecule has 1 heterocycles. The van der Waals surface area contributed by atoms with Crippen LogP contribution < -0.4 is 5.32 Å². The Morgan fingerprint density at radius 3 is 2.70 bits per heavy atom. The number of aromatic nitrogens is 1. The largest absolute Gasteiger partial charge is 0.344 e. The third-order valence-corrected chi connectivity index (χ3v) is 3.44. The number of amides is 1. The first-order chi connectivity index (χ1) is 9.47. The van der Waals surface area contributed by atoms with Crippen LogP contribution in [0.1, 0.15) is 40.1 Å². The molecule has 0 aliphatic rings. The van der Waals surface area contributed by atoms with Gasteiger partial charge < -0.3 is 5.32 Å². The molecule has 104 valence electrons. The van der Waals surface area contributed by atoms with E-state index >= 15 is 0 Å². The van der Waals surface area contributed by atoms with Gasteiger partial charge >= 0.3 is 0 Å². The van der Waals surface area contributed by atoms with E-state index in [1.165, 1.54) is 11.8 Å². The molecule has 2 aromatic rings. The molecule has 0 aliphatic heterocycles. The molecule has 0 bridgehead atoms. The number of nitrogens with zero attached hydrogens (tertiary/aromatic N) is 1. The SMILES string of the molecule is Cc1ccc(C)c(C(C)NC(=O)c2cc(Cl)ccn2)c1. The van der Waals surface area contributed by atoms with E-state index in [4.69, 9.17) is 11.6 Å². The van der Waals surface area contributed by atoms with Gasteiger partial charge in [-0.25, -0.2) is 0 Å². The highest BCUT2D eigenvalue weighted by atomic mass is 35.5. The molecule has 1 atom stereocenters. The van der Waals surface area contributed by atoms with Gasteiger partial charge in [0.2, 0.25) is 0 Å². The summed E-state index contributed by atoms with van der Waals surface area (Å²) in [5.41, 5.74) is 3.77. The fourth-order valence-electron chi connectivity index (χ4n) is 2.10. The zero-order valence-electron chi connectivity index (χ0n) is 11.8. The number of carbonyl (C=O) groups excluding carboxylic acids is 1. The van der Waals surface area contributed by atoms with Gasteiger partial charge in [0.15, 0.2) is 0 Å². The van der Waals surface area contributed by atoms with E-state index in [2.05, 4.69) is 28.5 Å². The van der Waals surface area contributed by atoms with Gasteiger partial charge in [-0.3, -0.25) is 9.78 Å².